The topological polar surface area (TPSA) is 26.0 Å². The van der Waals surface area contributed by atoms with Crippen LogP contribution in [0.25, 0.3) is 0 Å². The lowest BCUT2D eigenvalue weighted by Crippen LogP contribution is -2.23. The van der Waals surface area contributed by atoms with Gasteiger partial charge in [0, 0.05) is 16.5 Å². The van der Waals surface area contributed by atoms with E-state index in [1.165, 1.54) is 25.7 Å². The summed E-state index contributed by atoms with van der Waals surface area (Å²) in [5.74, 6) is 0.948. The molecule has 1 saturated carbocycles. The Hall–Kier alpha value is 0.310. The Balaban J connectivity index is 2.21. The third-order valence-electron chi connectivity index (χ3n) is 3.02. The summed E-state index contributed by atoms with van der Waals surface area (Å²) in [6, 6.07) is 0.360. The molecule has 14 heavy (non-hydrogen) atoms. The Kier molecular flexibility index (Phi) is 5.32. The van der Waals surface area contributed by atoms with Gasteiger partial charge in [0.2, 0.25) is 0 Å². The lowest BCUT2D eigenvalue weighted by atomic mass is 9.91. The predicted octanol–water partition coefficient (Wildman–Crippen LogP) is 3.42. The van der Waals surface area contributed by atoms with Gasteiger partial charge in [-0.3, -0.25) is 0 Å². The van der Waals surface area contributed by atoms with Crippen molar-refractivity contribution in [2.75, 3.05) is 0 Å². The molecule has 0 aromatic heterocycles. The normalized spacial score (nSPS) is 32.6. The van der Waals surface area contributed by atoms with Gasteiger partial charge in [-0.15, -0.1) is 0 Å². The Labute approximate surface area is 93.2 Å². The van der Waals surface area contributed by atoms with Crippen molar-refractivity contribution in [3.05, 3.63) is 0 Å². The second kappa shape index (κ2) is 6.02. The average molecular weight is 215 g/mol. The summed E-state index contributed by atoms with van der Waals surface area (Å²) in [7, 11) is 0. The molecule has 0 heterocycles. The molecule has 4 unspecified atom stereocenters. The van der Waals surface area contributed by atoms with Crippen LogP contribution in [0.3, 0.4) is 0 Å². The van der Waals surface area contributed by atoms with E-state index >= 15 is 0 Å². The van der Waals surface area contributed by atoms with E-state index in [-0.39, 0.29) is 0 Å². The largest absolute Gasteiger partial charge is 0.328 e. The van der Waals surface area contributed by atoms with Crippen molar-refractivity contribution in [1.29, 1.82) is 0 Å². The van der Waals surface area contributed by atoms with Crippen LogP contribution in [0.2, 0.25) is 0 Å². The molecular weight excluding hydrogens is 190 g/mol. The summed E-state index contributed by atoms with van der Waals surface area (Å²) in [6.45, 7) is 6.83. The van der Waals surface area contributed by atoms with E-state index < -0.39 is 0 Å². The van der Waals surface area contributed by atoms with E-state index in [0.29, 0.717) is 6.04 Å². The minimum atomic E-state index is 0.360. The van der Waals surface area contributed by atoms with Gasteiger partial charge in [-0.05, 0) is 32.1 Å². The van der Waals surface area contributed by atoms with Crippen molar-refractivity contribution in [2.45, 2.75) is 69.4 Å². The van der Waals surface area contributed by atoms with Crippen molar-refractivity contribution in [1.82, 2.24) is 0 Å². The zero-order chi connectivity index (χ0) is 10.6. The molecule has 0 aromatic carbocycles. The predicted molar refractivity (Wildman–Crippen MR) is 66.7 cm³/mol. The molecular formula is C12H25NS. The van der Waals surface area contributed by atoms with Gasteiger partial charge in [0.15, 0.2) is 0 Å². The quantitative estimate of drug-likeness (QED) is 0.777. The van der Waals surface area contributed by atoms with Gasteiger partial charge >= 0.3 is 0 Å². The first-order valence-electron chi connectivity index (χ1n) is 5.99. The molecule has 2 N–H and O–H groups in total. The summed E-state index contributed by atoms with van der Waals surface area (Å²) in [4.78, 5) is 0. The number of nitrogens with two attached hydrogens (primary N) is 1. The Bertz CT molecular complexity index is 158. The molecule has 0 amide bonds. The SMILES string of the molecule is CC(N)CC(C)SC1CCCC(C)C1. The second-order valence-corrected chi connectivity index (χ2v) is 6.80. The Morgan fingerprint density at radius 2 is 2.07 bits per heavy atom. The molecule has 2 heteroatoms. The van der Waals surface area contributed by atoms with Crippen molar-refractivity contribution in [2.24, 2.45) is 11.7 Å². The van der Waals surface area contributed by atoms with Crippen LogP contribution in [0.1, 0.15) is 52.9 Å². The fourth-order valence-corrected chi connectivity index (χ4v) is 4.22. The minimum absolute atomic E-state index is 0.360. The maximum atomic E-state index is 5.81. The Morgan fingerprint density at radius 3 is 2.64 bits per heavy atom. The zero-order valence-corrected chi connectivity index (χ0v) is 10.6. The lowest BCUT2D eigenvalue weighted by Gasteiger charge is -2.28. The van der Waals surface area contributed by atoms with E-state index in [4.69, 9.17) is 5.73 Å². The number of hydrogen-bond donors (Lipinski definition) is 1. The standard InChI is InChI=1S/C12H25NS/c1-9-5-4-6-12(7-9)14-11(3)8-10(2)13/h9-12H,4-8,13H2,1-3H3. The highest BCUT2D eigenvalue weighted by atomic mass is 32.2. The average Bonchev–Trinajstić information content (AvgIpc) is 2.01. The third-order valence-corrected chi connectivity index (χ3v) is 4.49. The fourth-order valence-electron chi connectivity index (χ4n) is 2.41. The van der Waals surface area contributed by atoms with Gasteiger partial charge in [-0.2, -0.15) is 11.8 Å². The first kappa shape index (κ1) is 12.4. The van der Waals surface area contributed by atoms with Crippen LogP contribution in [-0.4, -0.2) is 16.5 Å². The first-order chi connectivity index (χ1) is 6.58. The van der Waals surface area contributed by atoms with Gasteiger partial charge in [-0.1, -0.05) is 26.7 Å². The van der Waals surface area contributed by atoms with Crippen LogP contribution < -0.4 is 5.73 Å². The molecule has 0 bridgehead atoms. The summed E-state index contributed by atoms with van der Waals surface area (Å²) in [5.41, 5.74) is 5.81. The third kappa shape index (κ3) is 4.70. The van der Waals surface area contributed by atoms with Crippen LogP contribution in [-0.2, 0) is 0 Å². The molecule has 0 spiro atoms. The van der Waals surface area contributed by atoms with Crippen molar-refractivity contribution < 1.29 is 0 Å². The van der Waals surface area contributed by atoms with Gasteiger partial charge < -0.3 is 5.73 Å². The van der Waals surface area contributed by atoms with E-state index in [9.17, 15) is 0 Å². The van der Waals surface area contributed by atoms with Gasteiger partial charge in [0.25, 0.3) is 0 Å². The highest BCUT2D eigenvalue weighted by molar-refractivity contribution is 8.00. The number of hydrogen-bond acceptors (Lipinski definition) is 2. The molecule has 1 fully saturated rings. The minimum Gasteiger partial charge on any atom is -0.328 e. The molecule has 1 rings (SSSR count). The van der Waals surface area contributed by atoms with Gasteiger partial charge in [-0.25, -0.2) is 0 Å². The maximum Gasteiger partial charge on any atom is 0.00522 e. The van der Waals surface area contributed by atoms with Gasteiger partial charge in [0.1, 0.15) is 0 Å². The monoisotopic (exact) mass is 215 g/mol. The van der Waals surface area contributed by atoms with E-state index in [2.05, 4.69) is 32.5 Å². The molecule has 0 aliphatic heterocycles. The lowest BCUT2D eigenvalue weighted by molar-refractivity contribution is 0.393. The van der Waals surface area contributed by atoms with Gasteiger partial charge in [0.05, 0.1) is 0 Å². The van der Waals surface area contributed by atoms with Crippen LogP contribution in [0.5, 0.6) is 0 Å². The van der Waals surface area contributed by atoms with Crippen molar-refractivity contribution in [3.63, 3.8) is 0 Å². The van der Waals surface area contributed by atoms with Crippen molar-refractivity contribution in [3.8, 4) is 0 Å². The van der Waals surface area contributed by atoms with E-state index in [0.717, 1.165) is 22.8 Å². The molecule has 0 aromatic rings. The second-order valence-electron chi connectivity index (χ2n) is 5.05. The Morgan fingerprint density at radius 1 is 1.36 bits per heavy atom. The van der Waals surface area contributed by atoms with Crippen molar-refractivity contribution >= 4 is 11.8 Å². The van der Waals surface area contributed by atoms with Crippen LogP contribution in [0, 0.1) is 5.92 Å². The summed E-state index contributed by atoms with van der Waals surface area (Å²) in [5, 5.41) is 1.65. The summed E-state index contributed by atoms with van der Waals surface area (Å²) >= 11 is 2.17. The van der Waals surface area contributed by atoms with Crippen LogP contribution in [0.4, 0.5) is 0 Å². The molecule has 0 saturated heterocycles. The number of rotatable bonds is 4. The smallest absolute Gasteiger partial charge is 0.00522 e. The summed E-state index contributed by atoms with van der Waals surface area (Å²) in [6.07, 6.45) is 6.89. The highest BCUT2D eigenvalue weighted by Gasteiger charge is 2.21. The highest BCUT2D eigenvalue weighted by Crippen LogP contribution is 2.34. The molecule has 1 aliphatic rings. The maximum absolute atomic E-state index is 5.81. The van der Waals surface area contributed by atoms with Crippen LogP contribution in [0.15, 0.2) is 0 Å². The van der Waals surface area contributed by atoms with E-state index in [1.807, 2.05) is 0 Å². The molecule has 1 aliphatic carbocycles. The zero-order valence-electron chi connectivity index (χ0n) is 9.83. The molecule has 84 valence electrons. The van der Waals surface area contributed by atoms with E-state index in [1.54, 1.807) is 0 Å². The molecule has 4 atom stereocenters. The number of thioether (sulfide) groups is 1. The first-order valence-corrected chi connectivity index (χ1v) is 6.93. The summed E-state index contributed by atoms with van der Waals surface area (Å²) < 4.78 is 0. The molecule has 1 nitrogen and oxygen atoms in total. The molecule has 0 radical (unpaired) electrons. The van der Waals surface area contributed by atoms with Crippen LogP contribution >= 0.6 is 11.8 Å². The fraction of sp³-hybridized carbons (Fsp3) is 1.00.